The lowest BCUT2D eigenvalue weighted by atomic mass is 10.1. The second-order valence-electron chi connectivity index (χ2n) is 4.02. The maximum Gasteiger partial charge on any atom is 0.148 e. The highest BCUT2D eigenvalue weighted by atomic mass is 35.5. The van der Waals surface area contributed by atoms with E-state index in [1.165, 1.54) is 6.26 Å². The Morgan fingerprint density at radius 2 is 2.24 bits per heavy atom. The molecule has 1 heterocycles. The molecule has 0 saturated heterocycles. The molecule has 0 aliphatic heterocycles. The summed E-state index contributed by atoms with van der Waals surface area (Å²) in [4.78, 5) is 3.90. The largest absolute Gasteiger partial charge is 0.313 e. The molecule has 0 saturated carbocycles. The molecule has 0 aliphatic carbocycles. The van der Waals surface area contributed by atoms with E-state index in [2.05, 4.69) is 10.3 Å². The molecule has 0 amide bonds. The zero-order valence-electron chi connectivity index (χ0n) is 9.98. The van der Waals surface area contributed by atoms with Gasteiger partial charge in [-0.3, -0.25) is 4.98 Å². The molecule has 4 nitrogen and oxygen atoms in total. The van der Waals surface area contributed by atoms with Crippen molar-refractivity contribution < 1.29 is 8.42 Å². The molecule has 1 aromatic rings. The Morgan fingerprint density at radius 3 is 2.76 bits per heavy atom. The lowest BCUT2D eigenvalue weighted by Crippen LogP contribution is -2.37. The normalized spacial score (nSPS) is 13.6. The minimum Gasteiger partial charge on any atom is -0.313 e. The van der Waals surface area contributed by atoms with Gasteiger partial charge in [0.15, 0.2) is 0 Å². The molecule has 0 spiro atoms. The quantitative estimate of drug-likeness (QED) is 0.851. The van der Waals surface area contributed by atoms with Crippen LogP contribution >= 0.6 is 11.6 Å². The monoisotopic (exact) mass is 276 g/mol. The molecule has 0 bridgehead atoms. The number of nitrogens with zero attached hydrogens (tertiary/aromatic N) is 1. The van der Waals surface area contributed by atoms with Crippen LogP contribution in [0.3, 0.4) is 0 Å². The molecular weight excluding hydrogens is 260 g/mol. The summed E-state index contributed by atoms with van der Waals surface area (Å²) >= 11 is 6.00. The molecule has 1 unspecified atom stereocenters. The average molecular weight is 277 g/mol. The van der Waals surface area contributed by atoms with Gasteiger partial charge in [-0.05, 0) is 24.6 Å². The van der Waals surface area contributed by atoms with E-state index in [4.69, 9.17) is 11.6 Å². The number of hydrogen-bond acceptors (Lipinski definition) is 4. The third-order valence-electron chi connectivity index (χ3n) is 2.32. The Bertz CT molecular complexity index is 462. The first-order chi connectivity index (χ1) is 7.92. The number of nitrogens with one attached hydrogen (secondary N) is 1. The van der Waals surface area contributed by atoms with Crippen LogP contribution in [0.4, 0.5) is 0 Å². The third-order valence-corrected chi connectivity index (χ3v) is 3.67. The molecule has 1 atom stereocenters. The van der Waals surface area contributed by atoms with Crippen LogP contribution < -0.4 is 5.32 Å². The van der Waals surface area contributed by atoms with Crippen molar-refractivity contribution in [2.45, 2.75) is 19.4 Å². The molecule has 17 heavy (non-hydrogen) atoms. The molecule has 6 heteroatoms. The van der Waals surface area contributed by atoms with Crippen LogP contribution in [0, 0.1) is 0 Å². The number of rotatable bonds is 6. The molecular formula is C11H17ClN2O2S. The number of pyridine rings is 1. The van der Waals surface area contributed by atoms with E-state index in [0.29, 0.717) is 11.4 Å². The second-order valence-corrected chi connectivity index (χ2v) is 6.61. The summed E-state index contributed by atoms with van der Waals surface area (Å²) in [6.45, 7) is 2.67. The van der Waals surface area contributed by atoms with Crippen LogP contribution in [0.15, 0.2) is 18.5 Å². The first-order valence-corrected chi connectivity index (χ1v) is 7.85. The van der Waals surface area contributed by atoms with E-state index in [1.807, 2.05) is 13.0 Å². The van der Waals surface area contributed by atoms with Gasteiger partial charge in [-0.25, -0.2) is 8.42 Å². The molecule has 0 aromatic carbocycles. The van der Waals surface area contributed by atoms with Crippen LogP contribution in [0.25, 0.3) is 0 Å². The minimum atomic E-state index is -3.00. The van der Waals surface area contributed by atoms with Gasteiger partial charge >= 0.3 is 0 Å². The lowest BCUT2D eigenvalue weighted by Gasteiger charge is -2.17. The van der Waals surface area contributed by atoms with Crippen molar-refractivity contribution in [3.8, 4) is 0 Å². The minimum absolute atomic E-state index is 0.111. The SMILES string of the molecule is CCNC(Cc1ccncc1Cl)CS(C)(=O)=O. The standard InChI is InChI=1S/C11H17ClN2O2S/c1-3-14-10(8-17(2,15)16)6-9-4-5-13-7-11(9)12/h4-5,7,10,14H,3,6,8H2,1-2H3. The van der Waals surface area contributed by atoms with Gasteiger partial charge in [-0.15, -0.1) is 0 Å². The van der Waals surface area contributed by atoms with Crippen LogP contribution in [-0.4, -0.2) is 38.0 Å². The maximum atomic E-state index is 11.3. The van der Waals surface area contributed by atoms with E-state index in [0.717, 1.165) is 12.1 Å². The molecule has 1 aromatic heterocycles. The van der Waals surface area contributed by atoms with Crippen LogP contribution in [0.1, 0.15) is 12.5 Å². The predicted octanol–water partition coefficient (Wildman–Crippen LogP) is 1.30. The number of aromatic nitrogens is 1. The van der Waals surface area contributed by atoms with Crippen molar-refractivity contribution in [2.75, 3.05) is 18.6 Å². The van der Waals surface area contributed by atoms with Crippen molar-refractivity contribution in [1.29, 1.82) is 0 Å². The summed E-state index contributed by atoms with van der Waals surface area (Å²) < 4.78 is 22.6. The summed E-state index contributed by atoms with van der Waals surface area (Å²) in [5, 5.41) is 3.73. The molecule has 96 valence electrons. The van der Waals surface area contributed by atoms with E-state index in [9.17, 15) is 8.42 Å². The first kappa shape index (κ1) is 14.4. The van der Waals surface area contributed by atoms with Gasteiger partial charge in [0.2, 0.25) is 0 Å². The molecule has 1 rings (SSSR count). The summed E-state index contributed by atoms with van der Waals surface area (Å²) in [7, 11) is -3.00. The second kappa shape index (κ2) is 6.33. The Labute approximate surface area is 107 Å². The summed E-state index contributed by atoms with van der Waals surface area (Å²) in [6.07, 6.45) is 5.05. The predicted molar refractivity (Wildman–Crippen MR) is 70.1 cm³/mol. The van der Waals surface area contributed by atoms with Gasteiger partial charge in [-0.1, -0.05) is 18.5 Å². The van der Waals surface area contributed by atoms with Crippen molar-refractivity contribution >= 4 is 21.4 Å². The zero-order chi connectivity index (χ0) is 12.9. The van der Waals surface area contributed by atoms with Gasteiger partial charge in [-0.2, -0.15) is 0 Å². The van der Waals surface area contributed by atoms with E-state index in [1.54, 1.807) is 12.4 Å². The highest BCUT2D eigenvalue weighted by Gasteiger charge is 2.16. The number of hydrogen-bond donors (Lipinski definition) is 1. The number of likely N-dealkylation sites (N-methyl/N-ethyl adjacent to an activating group) is 1. The van der Waals surface area contributed by atoms with Crippen molar-refractivity contribution in [3.05, 3.63) is 29.0 Å². The van der Waals surface area contributed by atoms with E-state index in [-0.39, 0.29) is 11.8 Å². The van der Waals surface area contributed by atoms with Crippen molar-refractivity contribution in [1.82, 2.24) is 10.3 Å². The fourth-order valence-corrected chi connectivity index (χ4v) is 2.84. The molecule has 1 N–H and O–H groups in total. The highest BCUT2D eigenvalue weighted by Crippen LogP contribution is 2.15. The Kier molecular flexibility index (Phi) is 5.36. The first-order valence-electron chi connectivity index (χ1n) is 5.42. The van der Waals surface area contributed by atoms with Crippen LogP contribution in [0.2, 0.25) is 5.02 Å². The summed E-state index contributed by atoms with van der Waals surface area (Å²) in [5.41, 5.74) is 0.913. The van der Waals surface area contributed by atoms with Crippen molar-refractivity contribution in [2.24, 2.45) is 0 Å². The summed E-state index contributed by atoms with van der Waals surface area (Å²) in [6, 6.07) is 1.70. The lowest BCUT2D eigenvalue weighted by molar-refractivity contribution is 0.545. The van der Waals surface area contributed by atoms with E-state index < -0.39 is 9.84 Å². The van der Waals surface area contributed by atoms with Crippen molar-refractivity contribution in [3.63, 3.8) is 0 Å². The summed E-state index contributed by atoms with van der Waals surface area (Å²) in [5.74, 6) is 0.111. The Balaban J connectivity index is 2.77. The number of sulfone groups is 1. The topological polar surface area (TPSA) is 59.1 Å². The van der Waals surface area contributed by atoms with Gasteiger partial charge in [0.25, 0.3) is 0 Å². The maximum absolute atomic E-state index is 11.3. The van der Waals surface area contributed by atoms with Crippen LogP contribution in [0.5, 0.6) is 0 Å². The van der Waals surface area contributed by atoms with Gasteiger partial charge in [0, 0.05) is 24.7 Å². The van der Waals surface area contributed by atoms with Crippen LogP contribution in [-0.2, 0) is 16.3 Å². The molecule has 0 radical (unpaired) electrons. The fraction of sp³-hybridized carbons (Fsp3) is 0.545. The highest BCUT2D eigenvalue weighted by molar-refractivity contribution is 7.90. The smallest absolute Gasteiger partial charge is 0.148 e. The molecule has 0 fully saturated rings. The number of halogens is 1. The van der Waals surface area contributed by atoms with E-state index >= 15 is 0 Å². The average Bonchev–Trinajstić information content (AvgIpc) is 2.19. The third kappa shape index (κ3) is 5.48. The fourth-order valence-electron chi connectivity index (χ4n) is 1.68. The Morgan fingerprint density at radius 1 is 1.53 bits per heavy atom. The molecule has 0 aliphatic rings. The van der Waals surface area contributed by atoms with Gasteiger partial charge < -0.3 is 5.32 Å². The zero-order valence-corrected chi connectivity index (χ0v) is 11.6. The van der Waals surface area contributed by atoms with Gasteiger partial charge in [0.05, 0.1) is 10.8 Å². The Hall–Kier alpha value is -0.650. The van der Waals surface area contributed by atoms with Gasteiger partial charge in [0.1, 0.15) is 9.84 Å².